The maximum atomic E-state index is 12.5. The number of benzene rings is 3. The molecule has 0 saturated heterocycles. The Morgan fingerprint density at radius 1 is 0.969 bits per heavy atom. The van der Waals surface area contributed by atoms with Crippen LogP contribution in [0.15, 0.2) is 91.1 Å². The third kappa shape index (κ3) is 4.77. The van der Waals surface area contributed by atoms with Crippen LogP contribution in [-0.2, 0) is 4.79 Å². The monoisotopic (exact) mass is 442 g/mol. The van der Waals surface area contributed by atoms with Gasteiger partial charge in [-0.2, -0.15) is 5.10 Å². The number of carbonyl (C=O) groups excluding carboxylic acids is 2. The number of rotatable bonds is 6. The standard InChI is InChI=1S/C25H19ClN4O2/c26-21-13-11-18(25(27)32)15-22(21)28-23(31)14-12-19-16-30(20-9-5-2-6-10-20)29-24(19)17-7-3-1-4-8-17/h1-16H,(H2,27,32)(H,28,31)/b14-12+. The molecule has 0 aliphatic heterocycles. The fraction of sp³-hybridized carbons (Fsp3) is 0. The number of amides is 2. The number of para-hydroxylation sites is 1. The van der Waals surface area contributed by atoms with Crippen molar-refractivity contribution >= 4 is 35.2 Å². The number of nitrogens with one attached hydrogen (secondary N) is 1. The van der Waals surface area contributed by atoms with E-state index in [4.69, 9.17) is 22.4 Å². The molecular weight excluding hydrogens is 424 g/mol. The van der Waals surface area contributed by atoms with Crippen molar-refractivity contribution in [1.29, 1.82) is 0 Å². The summed E-state index contributed by atoms with van der Waals surface area (Å²) in [7, 11) is 0. The van der Waals surface area contributed by atoms with Crippen LogP contribution in [0.5, 0.6) is 0 Å². The number of halogens is 1. The lowest BCUT2D eigenvalue weighted by atomic mass is 10.1. The fourth-order valence-electron chi connectivity index (χ4n) is 3.16. The molecule has 6 nitrogen and oxygen atoms in total. The summed E-state index contributed by atoms with van der Waals surface area (Å²) in [6.45, 7) is 0. The van der Waals surface area contributed by atoms with Crippen LogP contribution in [0, 0.1) is 0 Å². The highest BCUT2D eigenvalue weighted by Crippen LogP contribution is 2.26. The van der Waals surface area contributed by atoms with Crippen molar-refractivity contribution < 1.29 is 9.59 Å². The lowest BCUT2D eigenvalue weighted by Gasteiger charge is -2.06. The first-order valence-electron chi connectivity index (χ1n) is 9.80. The summed E-state index contributed by atoms with van der Waals surface area (Å²) in [6.07, 6.45) is 4.95. The zero-order chi connectivity index (χ0) is 22.5. The van der Waals surface area contributed by atoms with Gasteiger partial charge < -0.3 is 11.1 Å². The van der Waals surface area contributed by atoms with E-state index >= 15 is 0 Å². The summed E-state index contributed by atoms with van der Waals surface area (Å²) in [6, 6.07) is 23.9. The van der Waals surface area contributed by atoms with Crippen LogP contribution in [0.1, 0.15) is 15.9 Å². The molecule has 0 spiro atoms. The quantitative estimate of drug-likeness (QED) is 0.414. The van der Waals surface area contributed by atoms with Gasteiger partial charge in [-0.3, -0.25) is 9.59 Å². The molecule has 32 heavy (non-hydrogen) atoms. The minimum atomic E-state index is -0.603. The van der Waals surface area contributed by atoms with Crippen molar-refractivity contribution in [2.45, 2.75) is 0 Å². The van der Waals surface area contributed by atoms with Crippen LogP contribution in [0.2, 0.25) is 5.02 Å². The Bertz CT molecular complexity index is 1300. The summed E-state index contributed by atoms with van der Waals surface area (Å²) in [4.78, 5) is 23.9. The molecule has 4 aromatic rings. The van der Waals surface area contributed by atoms with E-state index in [1.54, 1.807) is 10.8 Å². The number of aromatic nitrogens is 2. The normalized spacial score (nSPS) is 10.9. The van der Waals surface area contributed by atoms with Crippen LogP contribution < -0.4 is 11.1 Å². The van der Waals surface area contributed by atoms with Crippen molar-refractivity contribution in [2.75, 3.05) is 5.32 Å². The van der Waals surface area contributed by atoms with Crippen molar-refractivity contribution in [3.8, 4) is 16.9 Å². The summed E-state index contributed by atoms with van der Waals surface area (Å²) < 4.78 is 1.77. The van der Waals surface area contributed by atoms with Crippen molar-refractivity contribution in [2.24, 2.45) is 5.73 Å². The van der Waals surface area contributed by atoms with Gasteiger partial charge in [-0.1, -0.05) is 60.1 Å². The highest BCUT2D eigenvalue weighted by Gasteiger charge is 2.12. The molecule has 0 aliphatic carbocycles. The van der Waals surface area contributed by atoms with E-state index in [1.165, 1.54) is 24.3 Å². The Hall–Kier alpha value is -4.16. The Morgan fingerprint density at radius 2 is 1.66 bits per heavy atom. The maximum Gasteiger partial charge on any atom is 0.248 e. The second-order valence-electron chi connectivity index (χ2n) is 6.96. The minimum absolute atomic E-state index is 0.254. The molecule has 1 heterocycles. The number of anilines is 1. The molecule has 4 rings (SSSR count). The number of carbonyl (C=O) groups is 2. The smallest absolute Gasteiger partial charge is 0.248 e. The Kier molecular flexibility index (Phi) is 6.14. The molecule has 0 saturated carbocycles. The van der Waals surface area contributed by atoms with Crippen molar-refractivity contribution in [3.05, 3.63) is 107 Å². The fourth-order valence-corrected chi connectivity index (χ4v) is 3.32. The average Bonchev–Trinajstić information content (AvgIpc) is 3.24. The van der Waals surface area contributed by atoms with Crippen molar-refractivity contribution in [1.82, 2.24) is 9.78 Å². The van der Waals surface area contributed by atoms with Gasteiger partial charge in [-0.25, -0.2) is 4.68 Å². The van der Waals surface area contributed by atoms with Gasteiger partial charge in [0, 0.05) is 29.0 Å². The molecule has 0 radical (unpaired) electrons. The minimum Gasteiger partial charge on any atom is -0.366 e. The molecule has 3 N–H and O–H groups in total. The number of primary amides is 1. The molecule has 0 atom stereocenters. The number of nitrogens with zero attached hydrogens (tertiary/aromatic N) is 2. The number of hydrogen-bond acceptors (Lipinski definition) is 3. The second kappa shape index (κ2) is 9.32. The first-order chi connectivity index (χ1) is 15.5. The van der Waals surface area contributed by atoms with E-state index in [1.807, 2.05) is 66.9 Å². The molecule has 0 fully saturated rings. The van der Waals surface area contributed by atoms with Crippen LogP contribution in [0.4, 0.5) is 5.69 Å². The van der Waals surface area contributed by atoms with Gasteiger partial charge in [0.15, 0.2) is 0 Å². The van der Waals surface area contributed by atoms with E-state index in [9.17, 15) is 9.59 Å². The highest BCUT2D eigenvalue weighted by atomic mass is 35.5. The molecule has 3 aromatic carbocycles. The van der Waals surface area contributed by atoms with E-state index in [2.05, 4.69) is 5.32 Å². The maximum absolute atomic E-state index is 12.5. The highest BCUT2D eigenvalue weighted by molar-refractivity contribution is 6.34. The average molecular weight is 443 g/mol. The van der Waals surface area contributed by atoms with E-state index in [-0.39, 0.29) is 5.56 Å². The summed E-state index contributed by atoms with van der Waals surface area (Å²) in [5.41, 5.74) is 9.21. The molecule has 0 unspecified atom stereocenters. The molecule has 0 bridgehead atoms. The summed E-state index contributed by atoms with van der Waals surface area (Å²) >= 11 is 6.13. The molecule has 158 valence electrons. The summed E-state index contributed by atoms with van der Waals surface area (Å²) in [5.74, 6) is -1.01. The van der Waals surface area contributed by atoms with Gasteiger partial charge in [0.25, 0.3) is 0 Å². The van der Waals surface area contributed by atoms with Gasteiger partial charge in [-0.05, 0) is 36.4 Å². The third-order valence-electron chi connectivity index (χ3n) is 4.73. The first-order valence-corrected chi connectivity index (χ1v) is 10.2. The predicted molar refractivity (Wildman–Crippen MR) is 127 cm³/mol. The van der Waals surface area contributed by atoms with Crippen LogP contribution in [0.3, 0.4) is 0 Å². The molecule has 1 aromatic heterocycles. The first kappa shape index (κ1) is 21.1. The van der Waals surface area contributed by atoms with Gasteiger partial charge in [-0.15, -0.1) is 0 Å². The van der Waals surface area contributed by atoms with Gasteiger partial charge >= 0.3 is 0 Å². The van der Waals surface area contributed by atoms with E-state index < -0.39 is 11.8 Å². The SMILES string of the molecule is NC(=O)c1ccc(Cl)c(NC(=O)/C=C/c2cn(-c3ccccc3)nc2-c2ccccc2)c1. The Labute approximate surface area is 189 Å². The van der Waals surface area contributed by atoms with Gasteiger partial charge in [0.2, 0.25) is 11.8 Å². The lowest BCUT2D eigenvalue weighted by molar-refractivity contribution is -0.111. The largest absolute Gasteiger partial charge is 0.366 e. The topological polar surface area (TPSA) is 90.0 Å². The third-order valence-corrected chi connectivity index (χ3v) is 5.06. The van der Waals surface area contributed by atoms with Crippen LogP contribution in [-0.4, -0.2) is 21.6 Å². The van der Waals surface area contributed by atoms with Crippen LogP contribution >= 0.6 is 11.6 Å². The number of hydrogen-bond donors (Lipinski definition) is 2. The molecular formula is C25H19ClN4O2. The van der Waals surface area contributed by atoms with Crippen LogP contribution in [0.25, 0.3) is 23.0 Å². The number of nitrogens with two attached hydrogens (primary N) is 1. The van der Waals surface area contributed by atoms with Crippen molar-refractivity contribution in [3.63, 3.8) is 0 Å². The zero-order valence-electron chi connectivity index (χ0n) is 16.9. The Morgan fingerprint density at radius 3 is 2.34 bits per heavy atom. The zero-order valence-corrected chi connectivity index (χ0v) is 17.7. The molecule has 2 amide bonds. The molecule has 7 heteroatoms. The predicted octanol–water partition coefficient (Wildman–Crippen LogP) is 4.94. The van der Waals surface area contributed by atoms with E-state index in [0.717, 1.165) is 22.5 Å². The summed E-state index contributed by atoms with van der Waals surface area (Å²) in [5, 5.41) is 7.70. The second-order valence-corrected chi connectivity index (χ2v) is 7.37. The van der Waals surface area contributed by atoms with Gasteiger partial charge in [0.1, 0.15) is 0 Å². The lowest BCUT2D eigenvalue weighted by Crippen LogP contribution is -2.13. The van der Waals surface area contributed by atoms with E-state index in [0.29, 0.717) is 10.7 Å². The Balaban J connectivity index is 1.63. The van der Waals surface area contributed by atoms with Gasteiger partial charge in [0.05, 0.1) is 22.1 Å². The molecule has 0 aliphatic rings.